The minimum absolute atomic E-state index is 0.142. The van der Waals surface area contributed by atoms with Crippen molar-refractivity contribution in [2.45, 2.75) is 25.4 Å². The van der Waals surface area contributed by atoms with E-state index in [1.54, 1.807) is 0 Å². The van der Waals surface area contributed by atoms with Gasteiger partial charge in [0.15, 0.2) is 0 Å². The smallest absolute Gasteiger partial charge is 0.148 e. The fourth-order valence-electron chi connectivity index (χ4n) is 1.97. The Balaban J connectivity index is 2.43. The summed E-state index contributed by atoms with van der Waals surface area (Å²) in [6.07, 6.45) is 2.42. The van der Waals surface area contributed by atoms with Crippen LogP contribution in [0.1, 0.15) is 13.3 Å². The molecule has 1 aliphatic rings. The normalized spacial score (nSPS) is 26.6. The maximum absolute atomic E-state index is 11.1. The number of rotatable bonds is 4. The highest BCUT2D eigenvalue weighted by Gasteiger charge is 2.26. The van der Waals surface area contributed by atoms with Crippen LogP contribution in [0.25, 0.3) is 0 Å². The first-order valence-electron chi connectivity index (χ1n) is 5.01. The maximum atomic E-state index is 11.1. The molecule has 2 unspecified atom stereocenters. The number of sulfone groups is 1. The fraction of sp³-hybridized carbons (Fsp3) is 1.00. The summed E-state index contributed by atoms with van der Waals surface area (Å²) in [6, 6.07) is 0.667. The van der Waals surface area contributed by atoms with Crippen molar-refractivity contribution in [1.29, 1.82) is 0 Å². The van der Waals surface area contributed by atoms with Gasteiger partial charge in [-0.25, -0.2) is 8.42 Å². The van der Waals surface area contributed by atoms with Crippen LogP contribution in [0.4, 0.5) is 0 Å². The Morgan fingerprint density at radius 1 is 1.57 bits per heavy atom. The molecule has 0 aromatic heterocycles. The molecule has 1 N–H and O–H groups in total. The van der Waals surface area contributed by atoms with Crippen molar-refractivity contribution in [3.8, 4) is 0 Å². The molecular weight excluding hydrogens is 200 g/mol. The zero-order valence-corrected chi connectivity index (χ0v) is 9.97. The molecule has 1 aliphatic heterocycles. The van der Waals surface area contributed by atoms with Crippen molar-refractivity contribution >= 4 is 9.84 Å². The third-order valence-electron chi connectivity index (χ3n) is 2.80. The molecule has 0 spiro atoms. The summed E-state index contributed by atoms with van der Waals surface area (Å²) in [5.41, 5.74) is 0. The Morgan fingerprint density at radius 3 is 2.64 bits per heavy atom. The lowest BCUT2D eigenvalue weighted by Crippen LogP contribution is -2.38. The van der Waals surface area contributed by atoms with Gasteiger partial charge in [0.25, 0.3) is 0 Å². The van der Waals surface area contributed by atoms with E-state index in [9.17, 15) is 8.42 Å². The fourth-order valence-corrected chi connectivity index (χ4v) is 3.05. The molecule has 1 saturated heterocycles. The largest absolute Gasteiger partial charge is 0.316 e. The standard InChI is InChI=1S/C9H20N2O2S/c1-8(7-14(3,12)13)11-5-4-9(6-11)10-2/h8-10H,4-7H2,1-3H3. The van der Waals surface area contributed by atoms with Crippen molar-refractivity contribution in [3.05, 3.63) is 0 Å². The minimum atomic E-state index is -2.85. The van der Waals surface area contributed by atoms with Gasteiger partial charge in [-0.15, -0.1) is 0 Å². The van der Waals surface area contributed by atoms with Crippen molar-refractivity contribution in [2.75, 3.05) is 32.1 Å². The van der Waals surface area contributed by atoms with Gasteiger partial charge in [0.05, 0.1) is 5.75 Å². The topological polar surface area (TPSA) is 49.4 Å². The molecule has 0 aromatic rings. The van der Waals surface area contributed by atoms with E-state index in [1.165, 1.54) is 6.26 Å². The molecule has 1 heterocycles. The number of hydrogen-bond donors (Lipinski definition) is 1. The van der Waals surface area contributed by atoms with E-state index in [4.69, 9.17) is 0 Å². The van der Waals surface area contributed by atoms with Crippen LogP contribution >= 0.6 is 0 Å². The van der Waals surface area contributed by atoms with Crippen LogP contribution in [-0.2, 0) is 9.84 Å². The zero-order valence-electron chi connectivity index (χ0n) is 9.16. The first-order chi connectivity index (χ1) is 6.42. The average Bonchev–Trinajstić information content (AvgIpc) is 2.48. The number of likely N-dealkylation sites (N-methyl/N-ethyl adjacent to an activating group) is 1. The monoisotopic (exact) mass is 220 g/mol. The van der Waals surface area contributed by atoms with E-state index in [0.29, 0.717) is 6.04 Å². The van der Waals surface area contributed by atoms with Crippen LogP contribution in [-0.4, -0.2) is 57.5 Å². The lowest BCUT2D eigenvalue weighted by Gasteiger charge is -2.23. The molecule has 14 heavy (non-hydrogen) atoms. The second-order valence-corrected chi connectivity index (χ2v) is 6.40. The van der Waals surface area contributed by atoms with Gasteiger partial charge < -0.3 is 5.32 Å². The van der Waals surface area contributed by atoms with E-state index in [2.05, 4.69) is 10.2 Å². The predicted octanol–water partition coefficient (Wildman–Crippen LogP) is -0.287. The zero-order chi connectivity index (χ0) is 10.8. The van der Waals surface area contributed by atoms with Crippen LogP contribution in [0.3, 0.4) is 0 Å². The average molecular weight is 220 g/mol. The van der Waals surface area contributed by atoms with Gasteiger partial charge in [-0.3, -0.25) is 4.90 Å². The summed E-state index contributed by atoms with van der Waals surface area (Å²) in [5.74, 6) is 0.267. The van der Waals surface area contributed by atoms with Gasteiger partial charge in [-0.05, 0) is 20.4 Å². The number of nitrogens with one attached hydrogen (secondary N) is 1. The van der Waals surface area contributed by atoms with Gasteiger partial charge in [0.1, 0.15) is 9.84 Å². The minimum Gasteiger partial charge on any atom is -0.316 e. The van der Waals surface area contributed by atoms with Crippen LogP contribution in [0, 0.1) is 0 Å². The van der Waals surface area contributed by atoms with Gasteiger partial charge in [-0.1, -0.05) is 0 Å². The van der Waals surface area contributed by atoms with E-state index < -0.39 is 9.84 Å². The van der Waals surface area contributed by atoms with Crippen LogP contribution in [0.15, 0.2) is 0 Å². The van der Waals surface area contributed by atoms with Crippen LogP contribution in [0.2, 0.25) is 0 Å². The summed E-state index contributed by atoms with van der Waals surface area (Å²) < 4.78 is 22.2. The quantitative estimate of drug-likeness (QED) is 0.707. The second kappa shape index (κ2) is 4.59. The lowest BCUT2D eigenvalue weighted by molar-refractivity contribution is 0.271. The molecule has 0 saturated carbocycles. The molecule has 84 valence electrons. The Bertz CT molecular complexity index is 277. The maximum Gasteiger partial charge on any atom is 0.148 e. The van der Waals surface area contributed by atoms with E-state index in [0.717, 1.165) is 19.5 Å². The molecular formula is C9H20N2O2S. The van der Waals surface area contributed by atoms with Crippen LogP contribution in [0.5, 0.6) is 0 Å². The summed E-state index contributed by atoms with van der Waals surface area (Å²) in [5, 5.41) is 3.22. The summed E-state index contributed by atoms with van der Waals surface area (Å²) in [7, 11) is -0.893. The highest BCUT2D eigenvalue weighted by atomic mass is 32.2. The first-order valence-corrected chi connectivity index (χ1v) is 7.07. The van der Waals surface area contributed by atoms with Crippen molar-refractivity contribution < 1.29 is 8.42 Å². The predicted molar refractivity (Wildman–Crippen MR) is 58.2 cm³/mol. The van der Waals surface area contributed by atoms with Gasteiger partial charge >= 0.3 is 0 Å². The van der Waals surface area contributed by atoms with E-state index in [1.807, 2.05) is 14.0 Å². The number of nitrogens with zero attached hydrogens (tertiary/aromatic N) is 1. The molecule has 0 bridgehead atoms. The van der Waals surface area contributed by atoms with Gasteiger partial charge in [-0.2, -0.15) is 0 Å². The Morgan fingerprint density at radius 2 is 2.21 bits per heavy atom. The van der Waals surface area contributed by atoms with E-state index in [-0.39, 0.29) is 11.8 Å². The molecule has 0 aliphatic carbocycles. The lowest BCUT2D eigenvalue weighted by atomic mass is 10.3. The van der Waals surface area contributed by atoms with Gasteiger partial charge in [0.2, 0.25) is 0 Å². The first kappa shape index (κ1) is 11.9. The molecule has 4 nitrogen and oxygen atoms in total. The third-order valence-corrected chi connectivity index (χ3v) is 3.88. The Kier molecular flexibility index (Phi) is 3.92. The second-order valence-electron chi connectivity index (χ2n) is 4.21. The summed E-state index contributed by atoms with van der Waals surface area (Å²) in [6.45, 7) is 3.95. The summed E-state index contributed by atoms with van der Waals surface area (Å²) >= 11 is 0. The molecule has 0 amide bonds. The number of likely N-dealkylation sites (tertiary alicyclic amines) is 1. The molecule has 1 fully saturated rings. The van der Waals surface area contributed by atoms with Crippen molar-refractivity contribution in [1.82, 2.24) is 10.2 Å². The van der Waals surface area contributed by atoms with E-state index >= 15 is 0 Å². The third kappa shape index (κ3) is 3.55. The van der Waals surface area contributed by atoms with Crippen molar-refractivity contribution in [2.24, 2.45) is 0 Å². The molecule has 2 atom stereocenters. The molecule has 5 heteroatoms. The highest BCUT2D eigenvalue weighted by molar-refractivity contribution is 7.90. The van der Waals surface area contributed by atoms with Gasteiger partial charge in [0, 0.05) is 31.4 Å². The summed E-state index contributed by atoms with van der Waals surface area (Å²) in [4.78, 5) is 2.24. The van der Waals surface area contributed by atoms with Crippen LogP contribution < -0.4 is 5.32 Å². The Labute approximate surface area is 86.6 Å². The highest BCUT2D eigenvalue weighted by Crippen LogP contribution is 2.13. The number of hydrogen-bond acceptors (Lipinski definition) is 4. The molecule has 0 aromatic carbocycles. The molecule has 1 rings (SSSR count). The molecule has 0 radical (unpaired) electrons. The Hall–Kier alpha value is -0.130. The SMILES string of the molecule is CNC1CCN(C(C)CS(C)(=O)=O)C1. The van der Waals surface area contributed by atoms with Crippen molar-refractivity contribution in [3.63, 3.8) is 0 Å².